The summed E-state index contributed by atoms with van der Waals surface area (Å²) in [5.74, 6) is 0.0248. The normalized spacial score (nSPS) is 14.6. The number of benzene rings is 1. The Morgan fingerprint density at radius 2 is 2.25 bits per heavy atom. The van der Waals surface area contributed by atoms with Crippen LogP contribution in [0.1, 0.15) is 5.56 Å². The molecule has 0 spiro atoms. The number of amides is 1. The SMILES string of the molecule is Cc1cccc2c1NC(=O)CN2. The van der Waals surface area contributed by atoms with Crippen molar-refractivity contribution in [2.75, 3.05) is 17.2 Å². The van der Waals surface area contributed by atoms with Gasteiger partial charge in [-0.2, -0.15) is 0 Å². The average Bonchev–Trinajstić information content (AvgIpc) is 2.07. The lowest BCUT2D eigenvalue weighted by Crippen LogP contribution is -2.27. The topological polar surface area (TPSA) is 41.1 Å². The number of anilines is 2. The van der Waals surface area contributed by atoms with E-state index in [1.165, 1.54) is 0 Å². The van der Waals surface area contributed by atoms with Crippen LogP contribution in [0.4, 0.5) is 11.4 Å². The van der Waals surface area contributed by atoms with Crippen molar-refractivity contribution in [1.82, 2.24) is 0 Å². The lowest BCUT2D eigenvalue weighted by molar-refractivity contribution is -0.114. The van der Waals surface area contributed by atoms with Crippen molar-refractivity contribution in [1.29, 1.82) is 0 Å². The Balaban J connectivity index is 2.50. The maximum atomic E-state index is 11.0. The Bertz CT molecular complexity index is 333. The van der Waals surface area contributed by atoms with E-state index in [1.807, 2.05) is 25.1 Å². The van der Waals surface area contributed by atoms with Gasteiger partial charge < -0.3 is 10.6 Å². The first-order chi connectivity index (χ1) is 5.77. The van der Waals surface area contributed by atoms with E-state index in [-0.39, 0.29) is 5.91 Å². The van der Waals surface area contributed by atoms with Crippen molar-refractivity contribution >= 4 is 17.3 Å². The molecular weight excluding hydrogens is 152 g/mol. The first kappa shape index (κ1) is 7.16. The fraction of sp³-hybridized carbons (Fsp3) is 0.222. The predicted molar refractivity (Wildman–Crippen MR) is 48.3 cm³/mol. The fourth-order valence-electron chi connectivity index (χ4n) is 1.34. The van der Waals surface area contributed by atoms with Crippen LogP contribution >= 0.6 is 0 Å². The van der Waals surface area contributed by atoms with Gasteiger partial charge in [0.25, 0.3) is 0 Å². The highest BCUT2D eigenvalue weighted by molar-refractivity contribution is 6.01. The summed E-state index contributed by atoms with van der Waals surface area (Å²) in [4.78, 5) is 11.0. The first-order valence-corrected chi connectivity index (χ1v) is 3.91. The summed E-state index contributed by atoms with van der Waals surface area (Å²) in [6.07, 6.45) is 0. The molecule has 0 fully saturated rings. The third-order valence-electron chi connectivity index (χ3n) is 1.98. The second-order valence-corrected chi connectivity index (χ2v) is 2.90. The van der Waals surface area contributed by atoms with Gasteiger partial charge in [0, 0.05) is 0 Å². The van der Waals surface area contributed by atoms with Gasteiger partial charge in [0.15, 0.2) is 0 Å². The van der Waals surface area contributed by atoms with E-state index in [0.717, 1.165) is 16.9 Å². The zero-order valence-corrected chi connectivity index (χ0v) is 6.85. The monoisotopic (exact) mass is 162 g/mol. The molecule has 0 aromatic heterocycles. The Labute approximate surface area is 70.8 Å². The van der Waals surface area contributed by atoms with Crippen LogP contribution in [0.15, 0.2) is 18.2 Å². The molecule has 0 radical (unpaired) electrons. The summed E-state index contributed by atoms with van der Waals surface area (Å²) in [5.41, 5.74) is 3.01. The smallest absolute Gasteiger partial charge is 0.243 e. The van der Waals surface area contributed by atoms with Crippen molar-refractivity contribution in [3.05, 3.63) is 23.8 Å². The van der Waals surface area contributed by atoms with Gasteiger partial charge in [-0.3, -0.25) is 4.79 Å². The fourth-order valence-corrected chi connectivity index (χ4v) is 1.34. The minimum absolute atomic E-state index is 0.0248. The average molecular weight is 162 g/mol. The molecule has 2 rings (SSSR count). The number of aryl methyl sites for hydroxylation is 1. The molecule has 0 unspecified atom stereocenters. The molecule has 0 aliphatic carbocycles. The molecule has 3 nitrogen and oxygen atoms in total. The lowest BCUT2D eigenvalue weighted by Gasteiger charge is -2.19. The van der Waals surface area contributed by atoms with E-state index >= 15 is 0 Å². The molecule has 1 amide bonds. The maximum absolute atomic E-state index is 11.0. The highest BCUT2D eigenvalue weighted by Gasteiger charge is 2.14. The Morgan fingerprint density at radius 1 is 1.42 bits per heavy atom. The van der Waals surface area contributed by atoms with Crippen LogP contribution in [0.3, 0.4) is 0 Å². The minimum atomic E-state index is 0.0248. The van der Waals surface area contributed by atoms with Crippen LogP contribution in [-0.4, -0.2) is 12.5 Å². The van der Waals surface area contributed by atoms with Crippen molar-refractivity contribution in [2.24, 2.45) is 0 Å². The Morgan fingerprint density at radius 3 is 3.08 bits per heavy atom. The Hall–Kier alpha value is -1.51. The molecule has 2 N–H and O–H groups in total. The first-order valence-electron chi connectivity index (χ1n) is 3.91. The molecule has 0 bridgehead atoms. The van der Waals surface area contributed by atoms with Gasteiger partial charge in [0.2, 0.25) is 5.91 Å². The van der Waals surface area contributed by atoms with E-state index in [9.17, 15) is 4.79 Å². The van der Waals surface area contributed by atoms with Crippen LogP contribution in [0.2, 0.25) is 0 Å². The zero-order valence-electron chi connectivity index (χ0n) is 6.85. The quantitative estimate of drug-likeness (QED) is 0.604. The van der Waals surface area contributed by atoms with Gasteiger partial charge in [-0.15, -0.1) is 0 Å². The number of rotatable bonds is 0. The van der Waals surface area contributed by atoms with Crippen LogP contribution < -0.4 is 10.6 Å². The highest BCUT2D eigenvalue weighted by atomic mass is 16.2. The third kappa shape index (κ3) is 1.03. The number of para-hydroxylation sites is 1. The van der Waals surface area contributed by atoms with Gasteiger partial charge >= 0.3 is 0 Å². The molecule has 1 aromatic carbocycles. The summed E-state index contributed by atoms with van der Waals surface area (Å²) in [7, 11) is 0. The summed E-state index contributed by atoms with van der Waals surface area (Å²) < 4.78 is 0. The molecule has 1 aliphatic heterocycles. The van der Waals surface area contributed by atoms with E-state index < -0.39 is 0 Å². The number of fused-ring (bicyclic) bond motifs is 1. The molecule has 1 heterocycles. The van der Waals surface area contributed by atoms with Gasteiger partial charge in [-0.25, -0.2) is 0 Å². The molecule has 62 valence electrons. The van der Waals surface area contributed by atoms with E-state index in [2.05, 4.69) is 10.6 Å². The van der Waals surface area contributed by atoms with Crippen LogP contribution in [0.5, 0.6) is 0 Å². The number of hydrogen-bond acceptors (Lipinski definition) is 2. The van der Waals surface area contributed by atoms with Gasteiger partial charge in [-0.1, -0.05) is 12.1 Å². The predicted octanol–water partition coefficient (Wildman–Crippen LogP) is 1.36. The van der Waals surface area contributed by atoms with E-state index in [0.29, 0.717) is 6.54 Å². The number of hydrogen-bond donors (Lipinski definition) is 2. The molecule has 12 heavy (non-hydrogen) atoms. The van der Waals surface area contributed by atoms with Gasteiger partial charge in [0.05, 0.1) is 17.9 Å². The molecule has 1 aliphatic rings. The molecule has 0 saturated carbocycles. The van der Waals surface area contributed by atoms with E-state index in [1.54, 1.807) is 0 Å². The molecule has 3 heteroatoms. The lowest BCUT2D eigenvalue weighted by atomic mass is 10.1. The van der Waals surface area contributed by atoms with Crippen molar-refractivity contribution in [3.63, 3.8) is 0 Å². The minimum Gasteiger partial charge on any atom is -0.374 e. The summed E-state index contributed by atoms with van der Waals surface area (Å²) in [6, 6.07) is 5.91. The zero-order chi connectivity index (χ0) is 8.55. The molecule has 0 saturated heterocycles. The molecule has 0 atom stereocenters. The number of carbonyl (C=O) groups excluding carboxylic acids is 1. The Kier molecular flexibility index (Phi) is 1.50. The molecule has 1 aromatic rings. The van der Waals surface area contributed by atoms with Gasteiger partial charge in [-0.05, 0) is 18.6 Å². The molecular formula is C9H10N2O. The summed E-state index contributed by atoms with van der Waals surface area (Å²) in [6.45, 7) is 2.35. The standard InChI is InChI=1S/C9H10N2O/c1-6-3-2-4-7-9(6)11-8(12)5-10-7/h2-4,10H,5H2,1H3,(H,11,12). The summed E-state index contributed by atoms with van der Waals surface area (Å²) in [5, 5.41) is 5.87. The van der Waals surface area contributed by atoms with E-state index in [4.69, 9.17) is 0 Å². The maximum Gasteiger partial charge on any atom is 0.243 e. The van der Waals surface area contributed by atoms with Crippen LogP contribution in [0, 0.1) is 6.92 Å². The second kappa shape index (κ2) is 2.52. The number of nitrogens with one attached hydrogen (secondary N) is 2. The third-order valence-corrected chi connectivity index (χ3v) is 1.98. The summed E-state index contributed by atoms with van der Waals surface area (Å²) >= 11 is 0. The van der Waals surface area contributed by atoms with Crippen LogP contribution in [-0.2, 0) is 4.79 Å². The van der Waals surface area contributed by atoms with Crippen molar-refractivity contribution in [2.45, 2.75) is 6.92 Å². The highest BCUT2D eigenvalue weighted by Crippen LogP contribution is 2.27. The van der Waals surface area contributed by atoms with Crippen LogP contribution in [0.25, 0.3) is 0 Å². The van der Waals surface area contributed by atoms with Crippen molar-refractivity contribution in [3.8, 4) is 0 Å². The van der Waals surface area contributed by atoms with Crippen molar-refractivity contribution < 1.29 is 4.79 Å². The second-order valence-electron chi connectivity index (χ2n) is 2.90. The largest absolute Gasteiger partial charge is 0.374 e. The van der Waals surface area contributed by atoms with Gasteiger partial charge in [0.1, 0.15) is 0 Å². The number of carbonyl (C=O) groups is 1.